The third-order valence-electron chi connectivity index (χ3n) is 3.03. The molecular weight excluding hydrogens is 164 g/mol. The second-order valence-corrected chi connectivity index (χ2v) is 3.97. The highest BCUT2D eigenvalue weighted by molar-refractivity contribution is 5.12. The first kappa shape index (κ1) is 8.75. The molecule has 72 valence electrons. The lowest BCUT2D eigenvalue weighted by Crippen LogP contribution is -2.20. The zero-order chi connectivity index (χ0) is 9.42. The summed E-state index contributed by atoms with van der Waals surface area (Å²) in [5.41, 5.74) is 1.94. The molecular formula is C10H16N2O. The molecule has 1 aliphatic carbocycles. The standard InChI is InChI=1S/C10H16N2O/c1-7-6-9(11-12(7)2)10(13)8-4-3-5-8/h6,8,10,13H,3-5H2,1-2H3/t10-/m0/s1. The second kappa shape index (κ2) is 3.14. The maximum atomic E-state index is 9.90. The minimum absolute atomic E-state index is 0.339. The van der Waals surface area contributed by atoms with Crippen LogP contribution in [0.3, 0.4) is 0 Å². The minimum atomic E-state index is -0.339. The van der Waals surface area contributed by atoms with E-state index in [9.17, 15) is 5.11 Å². The normalized spacial score (nSPS) is 19.9. The molecule has 1 saturated carbocycles. The Kier molecular flexibility index (Phi) is 2.12. The van der Waals surface area contributed by atoms with Gasteiger partial charge in [0.25, 0.3) is 0 Å². The molecule has 0 radical (unpaired) electrons. The summed E-state index contributed by atoms with van der Waals surface area (Å²) >= 11 is 0. The summed E-state index contributed by atoms with van der Waals surface area (Å²) in [6, 6.07) is 1.98. The number of aliphatic hydroxyl groups excluding tert-OH is 1. The van der Waals surface area contributed by atoms with Gasteiger partial charge in [-0.2, -0.15) is 5.10 Å². The van der Waals surface area contributed by atoms with Crippen molar-refractivity contribution >= 4 is 0 Å². The highest BCUT2D eigenvalue weighted by Gasteiger charge is 2.28. The molecule has 1 atom stereocenters. The first-order chi connectivity index (χ1) is 6.18. The van der Waals surface area contributed by atoms with Gasteiger partial charge in [0.15, 0.2) is 0 Å². The van der Waals surface area contributed by atoms with Crippen molar-refractivity contribution in [1.29, 1.82) is 0 Å². The summed E-state index contributed by atoms with van der Waals surface area (Å²) in [6.45, 7) is 2.00. The van der Waals surface area contributed by atoms with E-state index in [0.717, 1.165) is 24.2 Å². The Morgan fingerprint density at radius 2 is 2.31 bits per heavy atom. The largest absolute Gasteiger partial charge is 0.386 e. The topological polar surface area (TPSA) is 38.1 Å². The lowest BCUT2D eigenvalue weighted by atomic mass is 9.80. The zero-order valence-corrected chi connectivity index (χ0v) is 8.20. The Hall–Kier alpha value is -0.830. The van der Waals surface area contributed by atoms with E-state index in [1.54, 1.807) is 0 Å². The van der Waals surface area contributed by atoms with Gasteiger partial charge in [0.1, 0.15) is 6.10 Å². The van der Waals surface area contributed by atoms with Crippen LogP contribution in [0.2, 0.25) is 0 Å². The van der Waals surface area contributed by atoms with Gasteiger partial charge in [-0.3, -0.25) is 4.68 Å². The second-order valence-electron chi connectivity index (χ2n) is 3.97. The molecule has 3 heteroatoms. The van der Waals surface area contributed by atoms with E-state index in [-0.39, 0.29) is 6.10 Å². The van der Waals surface area contributed by atoms with Gasteiger partial charge in [-0.05, 0) is 31.7 Å². The van der Waals surface area contributed by atoms with Crippen LogP contribution in [0.25, 0.3) is 0 Å². The number of hydrogen-bond acceptors (Lipinski definition) is 2. The number of aryl methyl sites for hydroxylation is 2. The van der Waals surface area contributed by atoms with Crippen LogP contribution < -0.4 is 0 Å². The quantitative estimate of drug-likeness (QED) is 0.750. The molecule has 0 unspecified atom stereocenters. The monoisotopic (exact) mass is 180 g/mol. The maximum absolute atomic E-state index is 9.90. The number of aromatic nitrogens is 2. The summed E-state index contributed by atoms with van der Waals surface area (Å²) < 4.78 is 1.82. The molecule has 2 rings (SSSR count). The van der Waals surface area contributed by atoms with E-state index in [4.69, 9.17) is 0 Å². The summed E-state index contributed by atoms with van der Waals surface area (Å²) in [7, 11) is 1.91. The average molecular weight is 180 g/mol. The smallest absolute Gasteiger partial charge is 0.101 e. The fourth-order valence-corrected chi connectivity index (χ4v) is 1.73. The minimum Gasteiger partial charge on any atom is -0.386 e. The molecule has 1 N–H and O–H groups in total. The molecule has 13 heavy (non-hydrogen) atoms. The van der Waals surface area contributed by atoms with E-state index in [1.807, 2.05) is 24.7 Å². The van der Waals surface area contributed by atoms with E-state index in [1.165, 1.54) is 6.42 Å². The lowest BCUT2D eigenvalue weighted by Gasteiger charge is -2.29. The summed E-state index contributed by atoms with van der Waals surface area (Å²) in [4.78, 5) is 0. The molecule has 3 nitrogen and oxygen atoms in total. The molecule has 1 heterocycles. The van der Waals surface area contributed by atoms with Crippen molar-refractivity contribution in [3.05, 3.63) is 17.5 Å². The van der Waals surface area contributed by atoms with Crippen LogP contribution in [0.5, 0.6) is 0 Å². The zero-order valence-electron chi connectivity index (χ0n) is 8.20. The van der Waals surface area contributed by atoms with Crippen molar-refractivity contribution in [2.45, 2.75) is 32.3 Å². The fourth-order valence-electron chi connectivity index (χ4n) is 1.73. The van der Waals surface area contributed by atoms with Crippen molar-refractivity contribution < 1.29 is 5.11 Å². The molecule has 0 amide bonds. The number of hydrogen-bond donors (Lipinski definition) is 1. The maximum Gasteiger partial charge on any atom is 0.101 e. The van der Waals surface area contributed by atoms with Gasteiger partial charge in [0.05, 0.1) is 5.69 Å². The molecule has 0 spiro atoms. The van der Waals surface area contributed by atoms with Crippen molar-refractivity contribution in [3.8, 4) is 0 Å². The van der Waals surface area contributed by atoms with Crippen LogP contribution >= 0.6 is 0 Å². The van der Waals surface area contributed by atoms with Crippen molar-refractivity contribution in [2.24, 2.45) is 13.0 Å². The van der Waals surface area contributed by atoms with Gasteiger partial charge >= 0.3 is 0 Å². The van der Waals surface area contributed by atoms with E-state index >= 15 is 0 Å². The van der Waals surface area contributed by atoms with Crippen molar-refractivity contribution in [3.63, 3.8) is 0 Å². The van der Waals surface area contributed by atoms with Gasteiger partial charge in [-0.1, -0.05) is 6.42 Å². The first-order valence-corrected chi connectivity index (χ1v) is 4.87. The van der Waals surface area contributed by atoms with Crippen molar-refractivity contribution in [2.75, 3.05) is 0 Å². The number of nitrogens with zero attached hydrogens (tertiary/aromatic N) is 2. The predicted molar refractivity (Wildman–Crippen MR) is 50.2 cm³/mol. The van der Waals surface area contributed by atoms with Gasteiger partial charge < -0.3 is 5.11 Å². The third kappa shape index (κ3) is 1.48. The van der Waals surface area contributed by atoms with Crippen LogP contribution in [0.4, 0.5) is 0 Å². The third-order valence-corrected chi connectivity index (χ3v) is 3.03. The van der Waals surface area contributed by atoms with Crippen molar-refractivity contribution in [1.82, 2.24) is 9.78 Å². The SMILES string of the molecule is Cc1cc([C@@H](O)C2CCC2)nn1C. The molecule has 1 fully saturated rings. The highest BCUT2D eigenvalue weighted by atomic mass is 16.3. The first-order valence-electron chi connectivity index (χ1n) is 4.87. The molecule has 1 aliphatic rings. The van der Waals surface area contributed by atoms with Gasteiger partial charge in [0.2, 0.25) is 0 Å². The Morgan fingerprint density at radius 3 is 2.69 bits per heavy atom. The van der Waals surface area contributed by atoms with E-state index in [2.05, 4.69) is 5.10 Å². The summed E-state index contributed by atoms with van der Waals surface area (Å²) in [5, 5.41) is 14.2. The Bertz CT molecular complexity index is 282. The van der Waals surface area contributed by atoms with Gasteiger partial charge in [-0.25, -0.2) is 0 Å². The molecule has 1 aromatic heterocycles. The molecule has 0 aromatic carbocycles. The molecule has 0 bridgehead atoms. The van der Waals surface area contributed by atoms with E-state index < -0.39 is 0 Å². The summed E-state index contributed by atoms with van der Waals surface area (Å²) in [5.74, 6) is 0.453. The van der Waals surface area contributed by atoms with Crippen LogP contribution in [0.1, 0.15) is 36.8 Å². The average Bonchev–Trinajstić information content (AvgIpc) is 2.28. The Morgan fingerprint density at radius 1 is 1.62 bits per heavy atom. The van der Waals surface area contributed by atoms with Gasteiger partial charge in [-0.15, -0.1) is 0 Å². The molecule has 1 aromatic rings. The highest BCUT2D eigenvalue weighted by Crippen LogP contribution is 2.37. The van der Waals surface area contributed by atoms with E-state index in [0.29, 0.717) is 5.92 Å². The van der Waals surface area contributed by atoms with Gasteiger partial charge in [0, 0.05) is 12.7 Å². The van der Waals surface area contributed by atoms with Crippen LogP contribution in [0.15, 0.2) is 6.07 Å². The molecule has 0 saturated heterocycles. The summed E-state index contributed by atoms with van der Waals surface area (Å²) in [6.07, 6.45) is 3.22. The van der Waals surface area contributed by atoms with Crippen LogP contribution in [0, 0.1) is 12.8 Å². The Balaban J connectivity index is 2.14. The fraction of sp³-hybridized carbons (Fsp3) is 0.700. The predicted octanol–water partition coefficient (Wildman–Crippen LogP) is 1.56. The number of rotatable bonds is 2. The molecule has 0 aliphatic heterocycles. The Labute approximate surface area is 78.4 Å². The lowest BCUT2D eigenvalue weighted by molar-refractivity contribution is 0.0582. The van der Waals surface area contributed by atoms with Crippen LogP contribution in [-0.2, 0) is 7.05 Å². The number of aliphatic hydroxyl groups is 1. The van der Waals surface area contributed by atoms with Crippen LogP contribution in [-0.4, -0.2) is 14.9 Å².